The second-order valence-corrected chi connectivity index (χ2v) is 6.79. The van der Waals surface area contributed by atoms with Gasteiger partial charge in [0.2, 0.25) is 0 Å². The van der Waals surface area contributed by atoms with E-state index < -0.39 is 0 Å². The highest BCUT2D eigenvalue weighted by molar-refractivity contribution is 5.37. The monoisotopic (exact) mass is 284 g/mol. The van der Waals surface area contributed by atoms with Crippen molar-refractivity contribution >= 4 is 0 Å². The second-order valence-electron chi connectivity index (χ2n) is 6.79. The lowest BCUT2D eigenvalue weighted by molar-refractivity contribution is -0.107. The van der Waals surface area contributed by atoms with E-state index in [-0.39, 0.29) is 6.10 Å². The number of phenolic OH excluding ortho intramolecular Hbond substituents is 1. The van der Waals surface area contributed by atoms with Crippen LogP contribution in [0.15, 0.2) is 35.9 Å². The zero-order chi connectivity index (χ0) is 14.2. The van der Waals surface area contributed by atoms with Crippen LogP contribution in [0.3, 0.4) is 0 Å². The molecule has 1 saturated heterocycles. The third kappa shape index (κ3) is 2.30. The standard InChI is InChI=1S/C19H24O2/c20-17-11-5-3-10-16(17)19-15-9-2-1-7-13(15)14-8-4-6-12-18(14)21-19/h3,5,7,10-11,14-15,18-20H,1-2,4,6,8-9,12H2/t14-,15+,18+,19+/m1/s1. The van der Waals surface area contributed by atoms with Gasteiger partial charge in [-0.1, -0.05) is 42.7 Å². The molecule has 0 amide bonds. The smallest absolute Gasteiger partial charge is 0.121 e. The topological polar surface area (TPSA) is 29.5 Å². The molecule has 21 heavy (non-hydrogen) atoms. The molecule has 1 aliphatic heterocycles. The van der Waals surface area contributed by atoms with E-state index in [0.29, 0.717) is 23.7 Å². The highest BCUT2D eigenvalue weighted by atomic mass is 16.5. The summed E-state index contributed by atoms with van der Waals surface area (Å²) in [7, 11) is 0. The van der Waals surface area contributed by atoms with Crippen LogP contribution < -0.4 is 0 Å². The minimum absolute atomic E-state index is 0.0529. The quantitative estimate of drug-likeness (QED) is 0.754. The van der Waals surface area contributed by atoms with Crippen LogP contribution in [0.4, 0.5) is 0 Å². The van der Waals surface area contributed by atoms with Crippen LogP contribution >= 0.6 is 0 Å². The predicted octanol–water partition coefficient (Wildman–Crippen LogP) is 4.75. The van der Waals surface area contributed by atoms with Crippen LogP contribution in [0, 0.1) is 11.8 Å². The average molecular weight is 284 g/mol. The lowest BCUT2D eigenvalue weighted by Crippen LogP contribution is -2.41. The summed E-state index contributed by atoms with van der Waals surface area (Å²) in [6, 6.07) is 7.73. The van der Waals surface area contributed by atoms with Crippen molar-refractivity contribution in [3.63, 3.8) is 0 Å². The van der Waals surface area contributed by atoms with Crippen LogP contribution in [0.2, 0.25) is 0 Å². The fourth-order valence-corrected chi connectivity index (χ4v) is 4.62. The van der Waals surface area contributed by atoms with Crippen molar-refractivity contribution in [2.24, 2.45) is 11.8 Å². The van der Waals surface area contributed by atoms with Crippen LogP contribution in [0.1, 0.15) is 56.6 Å². The number of rotatable bonds is 1. The number of para-hydroxylation sites is 1. The molecule has 1 heterocycles. The van der Waals surface area contributed by atoms with E-state index in [9.17, 15) is 5.11 Å². The van der Waals surface area contributed by atoms with E-state index in [1.165, 1.54) is 44.9 Å². The van der Waals surface area contributed by atoms with Gasteiger partial charge in [-0.25, -0.2) is 0 Å². The maximum atomic E-state index is 10.2. The summed E-state index contributed by atoms with van der Waals surface area (Å²) in [4.78, 5) is 0. The summed E-state index contributed by atoms with van der Waals surface area (Å²) < 4.78 is 6.53. The van der Waals surface area contributed by atoms with E-state index in [1.807, 2.05) is 18.2 Å². The number of allylic oxidation sites excluding steroid dienone is 1. The van der Waals surface area contributed by atoms with Crippen LogP contribution in [0.25, 0.3) is 0 Å². The Hall–Kier alpha value is -1.28. The van der Waals surface area contributed by atoms with Crippen molar-refractivity contribution in [2.45, 2.75) is 57.2 Å². The molecule has 2 aliphatic carbocycles. The SMILES string of the molecule is Oc1ccccc1[C@H]1O[C@H]2CCCC[C@@H]2C2=CCCC[C@@H]21. The van der Waals surface area contributed by atoms with Gasteiger partial charge in [-0.15, -0.1) is 0 Å². The molecule has 4 rings (SSSR count). The molecule has 0 aromatic heterocycles. The molecule has 1 saturated carbocycles. The highest BCUT2D eigenvalue weighted by Gasteiger charge is 2.44. The lowest BCUT2D eigenvalue weighted by atomic mass is 9.68. The number of hydrogen-bond acceptors (Lipinski definition) is 2. The minimum Gasteiger partial charge on any atom is -0.508 e. The first-order chi connectivity index (χ1) is 10.3. The predicted molar refractivity (Wildman–Crippen MR) is 83.1 cm³/mol. The Labute approximate surface area is 126 Å². The maximum absolute atomic E-state index is 10.2. The number of ether oxygens (including phenoxy) is 1. The van der Waals surface area contributed by atoms with Crippen LogP contribution in [-0.4, -0.2) is 11.2 Å². The highest BCUT2D eigenvalue weighted by Crippen LogP contribution is 2.52. The van der Waals surface area contributed by atoms with Crippen molar-refractivity contribution < 1.29 is 9.84 Å². The Morgan fingerprint density at radius 3 is 2.67 bits per heavy atom. The van der Waals surface area contributed by atoms with Gasteiger partial charge in [-0.2, -0.15) is 0 Å². The molecule has 0 unspecified atom stereocenters. The Bertz CT molecular complexity index is 548. The molecule has 2 fully saturated rings. The van der Waals surface area contributed by atoms with Gasteiger partial charge in [0.15, 0.2) is 0 Å². The fourth-order valence-electron chi connectivity index (χ4n) is 4.62. The number of hydrogen-bond donors (Lipinski definition) is 1. The van der Waals surface area contributed by atoms with E-state index in [0.717, 1.165) is 5.56 Å². The molecule has 1 aromatic rings. The van der Waals surface area contributed by atoms with Crippen LogP contribution in [0.5, 0.6) is 5.75 Å². The summed E-state index contributed by atoms with van der Waals surface area (Å²) in [5.41, 5.74) is 2.63. The van der Waals surface area contributed by atoms with Gasteiger partial charge in [0.1, 0.15) is 5.75 Å². The van der Waals surface area contributed by atoms with Crippen molar-refractivity contribution in [1.29, 1.82) is 0 Å². The minimum atomic E-state index is 0.0529. The molecule has 2 nitrogen and oxygen atoms in total. The van der Waals surface area contributed by atoms with Gasteiger partial charge in [-0.05, 0) is 38.2 Å². The van der Waals surface area contributed by atoms with E-state index in [1.54, 1.807) is 11.6 Å². The Morgan fingerprint density at radius 2 is 1.76 bits per heavy atom. The summed E-state index contributed by atoms with van der Waals surface area (Å²) >= 11 is 0. The Kier molecular flexibility index (Phi) is 3.50. The number of benzene rings is 1. The summed E-state index contributed by atoms with van der Waals surface area (Å²) in [6.45, 7) is 0. The molecule has 1 aromatic carbocycles. The summed E-state index contributed by atoms with van der Waals surface area (Å²) in [6.07, 6.45) is 11.7. The Balaban J connectivity index is 1.72. The van der Waals surface area contributed by atoms with Gasteiger partial charge in [0, 0.05) is 17.4 Å². The summed E-state index contributed by atoms with van der Waals surface area (Å²) in [5, 5.41) is 10.2. The van der Waals surface area contributed by atoms with Crippen molar-refractivity contribution in [2.75, 3.05) is 0 Å². The third-order valence-corrected chi connectivity index (χ3v) is 5.59. The van der Waals surface area contributed by atoms with Gasteiger partial charge < -0.3 is 9.84 Å². The number of fused-ring (bicyclic) bond motifs is 3. The molecular weight excluding hydrogens is 260 g/mol. The van der Waals surface area contributed by atoms with Crippen molar-refractivity contribution in [1.82, 2.24) is 0 Å². The first-order valence-corrected chi connectivity index (χ1v) is 8.48. The summed E-state index contributed by atoms with van der Waals surface area (Å²) in [5.74, 6) is 1.51. The molecule has 0 bridgehead atoms. The van der Waals surface area contributed by atoms with Crippen molar-refractivity contribution in [3.05, 3.63) is 41.5 Å². The largest absolute Gasteiger partial charge is 0.508 e. The molecule has 0 radical (unpaired) electrons. The maximum Gasteiger partial charge on any atom is 0.121 e. The Morgan fingerprint density at radius 1 is 0.952 bits per heavy atom. The van der Waals surface area contributed by atoms with Gasteiger partial charge >= 0.3 is 0 Å². The van der Waals surface area contributed by atoms with E-state index >= 15 is 0 Å². The third-order valence-electron chi connectivity index (χ3n) is 5.59. The average Bonchev–Trinajstić information content (AvgIpc) is 2.55. The van der Waals surface area contributed by atoms with Gasteiger partial charge in [0.25, 0.3) is 0 Å². The zero-order valence-corrected chi connectivity index (χ0v) is 12.5. The molecule has 112 valence electrons. The van der Waals surface area contributed by atoms with E-state index in [2.05, 4.69) is 6.08 Å². The van der Waals surface area contributed by atoms with Gasteiger partial charge in [-0.3, -0.25) is 0 Å². The van der Waals surface area contributed by atoms with Crippen molar-refractivity contribution in [3.8, 4) is 5.75 Å². The van der Waals surface area contributed by atoms with Crippen LogP contribution in [-0.2, 0) is 4.74 Å². The fraction of sp³-hybridized carbons (Fsp3) is 0.579. The normalized spacial score (nSPS) is 35.5. The molecule has 1 N–H and O–H groups in total. The lowest BCUT2D eigenvalue weighted by Gasteiger charge is -2.47. The van der Waals surface area contributed by atoms with Gasteiger partial charge in [0.05, 0.1) is 12.2 Å². The first kappa shape index (κ1) is 13.4. The second kappa shape index (κ2) is 5.49. The number of phenols is 1. The molecular formula is C19H24O2. The van der Waals surface area contributed by atoms with E-state index in [4.69, 9.17) is 4.74 Å². The first-order valence-electron chi connectivity index (χ1n) is 8.48. The molecule has 3 aliphatic rings. The number of aromatic hydroxyl groups is 1. The zero-order valence-electron chi connectivity index (χ0n) is 12.5. The molecule has 0 spiro atoms. The molecule has 4 atom stereocenters. The molecule has 2 heteroatoms.